The Morgan fingerprint density at radius 2 is 2.33 bits per heavy atom. The van der Waals surface area contributed by atoms with E-state index in [4.69, 9.17) is 0 Å². The summed E-state index contributed by atoms with van der Waals surface area (Å²) in [5.74, 6) is 0.634. The highest BCUT2D eigenvalue weighted by atomic mass is 79.9. The first kappa shape index (κ1) is 16.0. The maximum atomic E-state index is 12.6. The minimum Gasteiger partial charge on any atom is -0.369 e. The zero-order valence-electron chi connectivity index (χ0n) is 12.1. The molecule has 0 spiro atoms. The van der Waals surface area contributed by atoms with Gasteiger partial charge in [-0.25, -0.2) is 4.98 Å². The molecule has 2 aromatic rings. The molecule has 0 saturated carbocycles. The number of carbonyl (C=O) groups excluding carboxylic acids is 1. The van der Waals surface area contributed by atoms with Crippen molar-refractivity contribution in [3.8, 4) is 0 Å². The van der Waals surface area contributed by atoms with Crippen LogP contribution < -0.4 is 5.32 Å². The van der Waals surface area contributed by atoms with E-state index in [0.717, 1.165) is 22.3 Å². The summed E-state index contributed by atoms with van der Waals surface area (Å²) in [6, 6.07) is 5.64. The van der Waals surface area contributed by atoms with E-state index in [1.807, 2.05) is 24.6 Å². The fourth-order valence-electron chi connectivity index (χ4n) is 1.91. The third kappa shape index (κ3) is 4.28. The number of amides is 1. The lowest BCUT2D eigenvalue weighted by atomic mass is 10.2. The highest BCUT2D eigenvalue weighted by molar-refractivity contribution is 9.10. The van der Waals surface area contributed by atoms with E-state index >= 15 is 0 Å². The number of nitrogens with one attached hydrogen (secondary N) is 1. The summed E-state index contributed by atoms with van der Waals surface area (Å²) in [6.45, 7) is 3.48. The first-order valence-corrected chi connectivity index (χ1v) is 8.46. The van der Waals surface area contributed by atoms with Crippen molar-refractivity contribution in [1.29, 1.82) is 0 Å². The smallest absolute Gasteiger partial charge is 0.257 e. The summed E-state index contributed by atoms with van der Waals surface area (Å²) in [5.41, 5.74) is 0.615. The van der Waals surface area contributed by atoms with Crippen LogP contribution in [0.3, 0.4) is 0 Å². The number of halogens is 1. The van der Waals surface area contributed by atoms with Crippen LogP contribution in [0.15, 0.2) is 34.2 Å². The van der Waals surface area contributed by atoms with Gasteiger partial charge in [-0.2, -0.15) is 0 Å². The van der Waals surface area contributed by atoms with E-state index in [-0.39, 0.29) is 5.91 Å². The Morgan fingerprint density at radius 3 is 3.00 bits per heavy atom. The van der Waals surface area contributed by atoms with Gasteiger partial charge in [-0.05, 0) is 40.5 Å². The first-order valence-electron chi connectivity index (χ1n) is 6.79. The van der Waals surface area contributed by atoms with Gasteiger partial charge in [0.1, 0.15) is 5.82 Å². The lowest BCUT2D eigenvalue weighted by Crippen LogP contribution is -2.27. The normalized spacial score (nSPS) is 10.4. The van der Waals surface area contributed by atoms with E-state index in [9.17, 15) is 4.79 Å². The van der Waals surface area contributed by atoms with Crippen LogP contribution >= 0.6 is 27.3 Å². The molecule has 0 radical (unpaired) electrons. The SMILES string of the molecule is CCCNc1ncccc1C(=O)N(C)Cc1cc(Br)cs1. The number of nitrogens with zero attached hydrogens (tertiary/aromatic N) is 2. The third-order valence-electron chi connectivity index (χ3n) is 2.94. The van der Waals surface area contributed by atoms with Gasteiger partial charge in [0.05, 0.1) is 12.1 Å². The summed E-state index contributed by atoms with van der Waals surface area (Å²) in [6.07, 6.45) is 2.69. The van der Waals surface area contributed by atoms with Crippen molar-refractivity contribution >= 4 is 39.0 Å². The average Bonchev–Trinajstić information content (AvgIpc) is 2.89. The minimum absolute atomic E-state index is 0.0220. The number of thiophene rings is 1. The van der Waals surface area contributed by atoms with Crippen LogP contribution in [0.1, 0.15) is 28.6 Å². The second-order valence-corrected chi connectivity index (χ2v) is 6.63. The molecule has 0 aromatic carbocycles. The maximum Gasteiger partial charge on any atom is 0.257 e. The molecule has 0 unspecified atom stereocenters. The molecule has 0 aliphatic carbocycles. The van der Waals surface area contributed by atoms with Gasteiger partial charge in [0.25, 0.3) is 5.91 Å². The molecular formula is C15H18BrN3OS. The molecule has 21 heavy (non-hydrogen) atoms. The second kappa shape index (κ2) is 7.56. The summed E-state index contributed by atoms with van der Waals surface area (Å²) in [5, 5.41) is 5.22. The predicted molar refractivity (Wildman–Crippen MR) is 90.8 cm³/mol. The zero-order valence-corrected chi connectivity index (χ0v) is 14.5. The fourth-order valence-corrected chi connectivity index (χ4v) is 3.41. The topological polar surface area (TPSA) is 45.2 Å². The van der Waals surface area contributed by atoms with Crippen LogP contribution in [0, 0.1) is 0 Å². The largest absolute Gasteiger partial charge is 0.369 e. The third-order valence-corrected chi connectivity index (χ3v) is 4.62. The van der Waals surface area contributed by atoms with Crippen LogP contribution in [0.2, 0.25) is 0 Å². The molecule has 0 aliphatic heterocycles. The second-order valence-electron chi connectivity index (χ2n) is 4.72. The first-order chi connectivity index (χ1) is 10.1. The molecule has 1 amide bonds. The molecule has 0 atom stereocenters. The summed E-state index contributed by atoms with van der Waals surface area (Å²) < 4.78 is 1.05. The molecule has 0 bridgehead atoms. The number of pyridine rings is 1. The van der Waals surface area contributed by atoms with Gasteiger partial charge in [0.15, 0.2) is 0 Å². The molecule has 2 aromatic heterocycles. The van der Waals surface area contributed by atoms with Gasteiger partial charge in [-0.15, -0.1) is 11.3 Å². The Kier molecular flexibility index (Phi) is 5.76. The van der Waals surface area contributed by atoms with E-state index in [1.54, 1.807) is 28.5 Å². The molecule has 112 valence electrons. The molecule has 4 nitrogen and oxygen atoms in total. The number of carbonyl (C=O) groups is 1. The molecular weight excluding hydrogens is 350 g/mol. The standard InChI is InChI=1S/C15H18BrN3OS/c1-3-6-17-14-13(5-4-7-18-14)15(20)19(2)9-12-8-11(16)10-21-12/h4-5,7-8,10H,3,6,9H2,1-2H3,(H,17,18). The Labute approximate surface area is 137 Å². The van der Waals surface area contributed by atoms with Crippen molar-refractivity contribution in [2.75, 3.05) is 18.9 Å². The molecule has 2 heterocycles. The molecule has 2 rings (SSSR count). The van der Waals surface area contributed by atoms with Crippen molar-refractivity contribution in [2.24, 2.45) is 0 Å². The maximum absolute atomic E-state index is 12.6. The minimum atomic E-state index is -0.0220. The summed E-state index contributed by atoms with van der Waals surface area (Å²) in [4.78, 5) is 19.7. The van der Waals surface area contributed by atoms with Crippen LogP contribution in [-0.4, -0.2) is 29.4 Å². The monoisotopic (exact) mass is 367 g/mol. The highest BCUT2D eigenvalue weighted by Crippen LogP contribution is 2.22. The van der Waals surface area contributed by atoms with E-state index in [0.29, 0.717) is 17.9 Å². The number of hydrogen-bond donors (Lipinski definition) is 1. The number of rotatable bonds is 6. The molecule has 6 heteroatoms. The fraction of sp³-hybridized carbons (Fsp3) is 0.333. The highest BCUT2D eigenvalue weighted by Gasteiger charge is 2.17. The quantitative estimate of drug-likeness (QED) is 0.838. The van der Waals surface area contributed by atoms with Crippen LogP contribution in [0.25, 0.3) is 0 Å². The van der Waals surface area contributed by atoms with Gasteiger partial charge in [-0.1, -0.05) is 6.92 Å². The van der Waals surface area contributed by atoms with Crippen LogP contribution in [-0.2, 0) is 6.54 Å². The molecule has 0 fully saturated rings. The lowest BCUT2D eigenvalue weighted by molar-refractivity contribution is 0.0787. The van der Waals surface area contributed by atoms with Gasteiger partial charge >= 0.3 is 0 Å². The Bertz CT molecular complexity index is 614. The number of aromatic nitrogens is 1. The van der Waals surface area contributed by atoms with Crippen LogP contribution in [0.4, 0.5) is 5.82 Å². The van der Waals surface area contributed by atoms with E-state index in [1.165, 1.54) is 0 Å². The molecule has 0 saturated heterocycles. The number of hydrogen-bond acceptors (Lipinski definition) is 4. The summed E-state index contributed by atoms with van der Waals surface area (Å²) in [7, 11) is 1.81. The Hall–Kier alpha value is -1.40. The van der Waals surface area contributed by atoms with Gasteiger partial charge in [-0.3, -0.25) is 4.79 Å². The average molecular weight is 368 g/mol. The van der Waals surface area contributed by atoms with Crippen molar-refractivity contribution < 1.29 is 4.79 Å². The van der Waals surface area contributed by atoms with Crippen molar-refractivity contribution in [2.45, 2.75) is 19.9 Å². The van der Waals surface area contributed by atoms with Crippen molar-refractivity contribution in [3.05, 3.63) is 44.7 Å². The lowest BCUT2D eigenvalue weighted by Gasteiger charge is -2.18. The van der Waals surface area contributed by atoms with Gasteiger partial charge in [0, 0.05) is 34.5 Å². The zero-order chi connectivity index (χ0) is 15.2. The van der Waals surface area contributed by atoms with Crippen LogP contribution in [0.5, 0.6) is 0 Å². The van der Waals surface area contributed by atoms with Gasteiger partial charge < -0.3 is 10.2 Å². The molecule has 1 N–H and O–H groups in total. The Morgan fingerprint density at radius 1 is 1.52 bits per heavy atom. The van der Waals surface area contributed by atoms with Gasteiger partial charge in [0.2, 0.25) is 0 Å². The Balaban J connectivity index is 2.11. The summed E-state index contributed by atoms with van der Waals surface area (Å²) >= 11 is 5.07. The van der Waals surface area contributed by atoms with Crippen molar-refractivity contribution in [1.82, 2.24) is 9.88 Å². The van der Waals surface area contributed by atoms with E-state index < -0.39 is 0 Å². The van der Waals surface area contributed by atoms with Crippen molar-refractivity contribution in [3.63, 3.8) is 0 Å². The molecule has 0 aliphatic rings. The predicted octanol–water partition coefficient (Wildman–Crippen LogP) is 4.00. The number of anilines is 1. The van der Waals surface area contributed by atoms with E-state index in [2.05, 4.69) is 33.2 Å².